The lowest BCUT2D eigenvalue weighted by molar-refractivity contribution is 0.243. The molecular weight excluding hydrogens is 302 g/mol. The third-order valence-corrected chi connectivity index (χ3v) is 3.59. The Balaban J connectivity index is 2.20. The van der Waals surface area contributed by atoms with E-state index in [1.54, 1.807) is 12.1 Å². The molecule has 5 nitrogen and oxygen atoms in total. The summed E-state index contributed by atoms with van der Waals surface area (Å²) in [6.07, 6.45) is 0.103. The Bertz CT molecular complexity index is 876. The highest BCUT2D eigenvalue weighted by Crippen LogP contribution is 2.32. The monoisotopic (exact) mass is 323 g/mol. The molecule has 0 saturated carbocycles. The number of aromatic nitrogens is 2. The van der Waals surface area contributed by atoms with Crippen molar-refractivity contribution in [1.29, 1.82) is 0 Å². The van der Waals surface area contributed by atoms with Crippen LogP contribution in [0, 0.1) is 0 Å². The van der Waals surface area contributed by atoms with Gasteiger partial charge in [0, 0.05) is 19.5 Å². The van der Waals surface area contributed by atoms with E-state index in [1.165, 1.54) is 0 Å². The topological polar surface area (TPSA) is 58.5 Å². The number of aromatic hydroxyl groups is 1. The van der Waals surface area contributed by atoms with Crippen LogP contribution < -0.4 is 9.64 Å². The zero-order valence-electron chi connectivity index (χ0n) is 14.3. The number of rotatable bonds is 4. The predicted octanol–water partition coefficient (Wildman–Crippen LogP) is 3.86. The molecule has 3 rings (SSSR count). The standard InChI is InChI=1S/C19H21N3O2/c1-12(2)24-13-9-10-16-15(11-13)19(22(3)4)21-18(20-16)14-7-5-6-8-17(14)23/h5-12,23H,1-4H3. The highest BCUT2D eigenvalue weighted by molar-refractivity contribution is 5.92. The van der Waals surface area contributed by atoms with Gasteiger partial charge in [0.25, 0.3) is 0 Å². The summed E-state index contributed by atoms with van der Waals surface area (Å²) in [6.45, 7) is 3.99. The molecule has 0 radical (unpaired) electrons. The molecule has 0 atom stereocenters. The van der Waals surface area contributed by atoms with E-state index in [2.05, 4.69) is 9.97 Å². The van der Waals surface area contributed by atoms with E-state index in [9.17, 15) is 5.11 Å². The molecule has 0 saturated heterocycles. The maximum atomic E-state index is 10.1. The molecule has 0 aliphatic rings. The van der Waals surface area contributed by atoms with Crippen LogP contribution in [0.25, 0.3) is 22.3 Å². The lowest BCUT2D eigenvalue weighted by Gasteiger charge is -2.17. The lowest BCUT2D eigenvalue weighted by atomic mass is 10.1. The molecule has 3 aromatic rings. The minimum atomic E-state index is 0.103. The first kappa shape index (κ1) is 16.1. The summed E-state index contributed by atoms with van der Waals surface area (Å²) >= 11 is 0. The van der Waals surface area contributed by atoms with Gasteiger partial charge in [-0.15, -0.1) is 0 Å². The van der Waals surface area contributed by atoms with Crippen molar-refractivity contribution in [3.8, 4) is 22.9 Å². The van der Waals surface area contributed by atoms with Crippen molar-refractivity contribution in [3.63, 3.8) is 0 Å². The van der Waals surface area contributed by atoms with E-state index < -0.39 is 0 Å². The minimum absolute atomic E-state index is 0.103. The minimum Gasteiger partial charge on any atom is -0.507 e. The quantitative estimate of drug-likeness (QED) is 0.790. The number of hydrogen-bond acceptors (Lipinski definition) is 5. The summed E-state index contributed by atoms with van der Waals surface area (Å²) in [7, 11) is 3.87. The Morgan fingerprint density at radius 3 is 2.46 bits per heavy atom. The number of hydrogen-bond donors (Lipinski definition) is 1. The number of anilines is 1. The number of phenols is 1. The molecule has 1 heterocycles. The first-order chi connectivity index (χ1) is 11.5. The summed E-state index contributed by atoms with van der Waals surface area (Å²) in [6, 6.07) is 12.9. The molecule has 0 amide bonds. The third-order valence-electron chi connectivity index (χ3n) is 3.59. The zero-order chi connectivity index (χ0) is 17.3. The fourth-order valence-corrected chi connectivity index (χ4v) is 2.56. The zero-order valence-corrected chi connectivity index (χ0v) is 14.3. The smallest absolute Gasteiger partial charge is 0.165 e. The van der Waals surface area contributed by atoms with Crippen LogP contribution in [-0.4, -0.2) is 35.3 Å². The Labute approximate surface area is 141 Å². The molecule has 0 spiro atoms. The maximum Gasteiger partial charge on any atom is 0.165 e. The van der Waals surface area contributed by atoms with Gasteiger partial charge in [0.2, 0.25) is 0 Å². The Kier molecular flexibility index (Phi) is 4.25. The average molecular weight is 323 g/mol. The molecule has 0 aliphatic carbocycles. The van der Waals surface area contributed by atoms with Crippen LogP contribution in [0.1, 0.15) is 13.8 Å². The van der Waals surface area contributed by atoms with Crippen molar-refractivity contribution in [2.75, 3.05) is 19.0 Å². The summed E-state index contributed by atoms with van der Waals surface area (Å²) in [5.41, 5.74) is 1.42. The van der Waals surface area contributed by atoms with Crippen LogP contribution in [0.5, 0.6) is 11.5 Å². The summed E-state index contributed by atoms with van der Waals surface area (Å²) in [5, 5.41) is 11.0. The highest BCUT2D eigenvalue weighted by Gasteiger charge is 2.14. The molecule has 0 unspecified atom stereocenters. The highest BCUT2D eigenvalue weighted by atomic mass is 16.5. The van der Waals surface area contributed by atoms with Crippen LogP contribution in [0.2, 0.25) is 0 Å². The fourth-order valence-electron chi connectivity index (χ4n) is 2.56. The number of para-hydroxylation sites is 1. The van der Waals surface area contributed by atoms with Crippen LogP contribution in [0.3, 0.4) is 0 Å². The van der Waals surface area contributed by atoms with E-state index in [4.69, 9.17) is 4.74 Å². The molecular formula is C19H21N3O2. The molecule has 5 heteroatoms. The Hall–Kier alpha value is -2.82. The van der Waals surface area contributed by atoms with Crippen LogP contribution in [0.4, 0.5) is 5.82 Å². The van der Waals surface area contributed by atoms with E-state index in [-0.39, 0.29) is 11.9 Å². The van der Waals surface area contributed by atoms with E-state index in [0.717, 1.165) is 22.5 Å². The SMILES string of the molecule is CC(C)Oc1ccc2nc(-c3ccccc3O)nc(N(C)C)c2c1. The maximum absolute atomic E-state index is 10.1. The second-order valence-corrected chi connectivity index (χ2v) is 6.13. The van der Waals surface area contributed by atoms with Crippen molar-refractivity contribution < 1.29 is 9.84 Å². The van der Waals surface area contributed by atoms with Crippen molar-refractivity contribution in [3.05, 3.63) is 42.5 Å². The normalized spacial score (nSPS) is 11.0. The molecule has 24 heavy (non-hydrogen) atoms. The van der Waals surface area contributed by atoms with Gasteiger partial charge in [0.15, 0.2) is 5.82 Å². The van der Waals surface area contributed by atoms with Gasteiger partial charge in [0.05, 0.1) is 17.2 Å². The third kappa shape index (κ3) is 3.11. The second-order valence-electron chi connectivity index (χ2n) is 6.13. The van der Waals surface area contributed by atoms with E-state index in [1.807, 2.05) is 63.2 Å². The predicted molar refractivity (Wildman–Crippen MR) is 96.7 cm³/mol. The Morgan fingerprint density at radius 1 is 1.04 bits per heavy atom. The molecule has 0 fully saturated rings. The van der Waals surface area contributed by atoms with Crippen LogP contribution in [-0.2, 0) is 0 Å². The molecule has 2 aromatic carbocycles. The number of benzene rings is 2. The lowest BCUT2D eigenvalue weighted by Crippen LogP contribution is -2.12. The fraction of sp³-hybridized carbons (Fsp3) is 0.263. The van der Waals surface area contributed by atoms with Gasteiger partial charge in [-0.05, 0) is 44.2 Å². The molecule has 124 valence electrons. The number of nitrogens with zero attached hydrogens (tertiary/aromatic N) is 3. The summed E-state index contributed by atoms with van der Waals surface area (Å²) in [5.74, 6) is 2.25. The van der Waals surface area contributed by atoms with Crippen molar-refractivity contribution >= 4 is 16.7 Å². The largest absolute Gasteiger partial charge is 0.507 e. The Morgan fingerprint density at radius 2 is 1.79 bits per heavy atom. The van der Waals surface area contributed by atoms with Gasteiger partial charge in [-0.25, -0.2) is 9.97 Å². The van der Waals surface area contributed by atoms with Gasteiger partial charge >= 0.3 is 0 Å². The molecule has 1 N–H and O–H groups in total. The number of fused-ring (bicyclic) bond motifs is 1. The van der Waals surface area contributed by atoms with E-state index >= 15 is 0 Å². The molecule has 0 aliphatic heterocycles. The number of phenolic OH excluding ortho intramolecular Hbond substituents is 1. The van der Waals surface area contributed by atoms with Gasteiger partial charge in [-0.1, -0.05) is 12.1 Å². The average Bonchev–Trinajstić information content (AvgIpc) is 2.53. The first-order valence-corrected chi connectivity index (χ1v) is 7.90. The van der Waals surface area contributed by atoms with Crippen molar-refractivity contribution in [1.82, 2.24) is 9.97 Å². The molecule has 1 aromatic heterocycles. The molecule has 0 bridgehead atoms. The van der Waals surface area contributed by atoms with Crippen LogP contribution >= 0.6 is 0 Å². The van der Waals surface area contributed by atoms with Gasteiger partial charge in [-0.2, -0.15) is 0 Å². The first-order valence-electron chi connectivity index (χ1n) is 7.90. The summed E-state index contributed by atoms with van der Waals surface area (Å²) < 4.78 is 5.78. The van der Waals surface area contributed by atoms with Gasteiger partial charge in [0.1, 0.15) is 17.3 Å². The second kappa shape index (κ2) is 6.35. The van der Waals surface area contributed by atoms with Gasteiger partial charge < -0.3 is 14.7 Å². The van der Waals surface area contributed by atoms with Crippen LogP contribution in [0.15, 0.2) is 42.5 Å². The summed E-state index contributed by atoms with van der Waals surface area (Å²) in [4.78, 5) is 11.2. The van der Waals surface area contributed by atoms with E-state index in [0.29, 0.717) is 11.4 Å². The number of ether oxygens (including phenoxy) is 1. The van der Waals surface area contributed by atoms with Gasteiger partial charge in [-0.3, -0.25) is 0 Å². The van der Waals surface area contributed by atoms with Crippen molar-refractivity contribution in [2.45, 2.75) is 20.0 Å². The van der Waals surface area contributed by atoms with Crippen molar-refractivity contribution in [2.24, 2.45) is 0 Å².